The molecule has 3 heteroatoms. The zero-order valence-corrected chi connectivity index (χ0v) is 7.85. The molecule has 0 bridgehead atoms. The Labute approximate surface area is 82.7 Å². The van der Waals surface area contributed by atoms with Gasteiger partial charge in [-0.15, -0.1) is 0 Å². The Morgan fingerprint density at radius 3 is 2.79 bits per heavy atom. The average Bonchev–Trinajstić information content (AvgIpc) is 2.27. The highest BCUT2D eigenvalue weighted by atomic mass is 14.7. The van der Waals surface area contributed by atoms with E-state index in [1.54, 1.807) is 6.20 Å². The van der Waals surface area contributed by atoms with Crippen molar-refractivity contribution in [1.82, 2.24) is 4.98 Å². The summed E-state index contributed by atoms with van der Waals surface area (Å²) in [7, 11) is 0. The fraction of sp³-hybridized carbons (Fsp3) is 0.182. The number of rotatable bonds is 2. The Kier molecular flexibility index (Phi) is 2.43. The van der Waals surface area contributed by atoms with Crippen molar-refractivity contribution in [3.05, 3.63) is 42.1 Å². The van der Waals surface area contributed by atoms with Crippen molar-refractivity contribution in [1.29, 1.82) is 0 Å². The van der Waals surface area contributed by atoms with E-state index in [1.165, 1.54) is 0 Å². The van der Waals surface area contributed by atoms with Gasteiger partial charge >= 0.3 is 0 Å². The van der Waals surface area contributed by atoms with Gasteiger partial charge in [0.15, 0.2) is 0 Å². The largest absolute Gasteiger partial charge is 0.329 e. The molecule has 1 aromatic carbocycles. The van der Waals surface area contributed by atoms with Crippen LogP contribution < -0.4 is 11.5 Å². The highest BCUT2D eigenvalue weighted by Crippen LogP contribution is 2.19. The number of fused-ring (bicyclic) bond motifs is 1. The quantitative estimate of drug-likeness (QED) is 0.742. The second kappa shape index (κ2) is 3.74. The summed E-state index contributed by atoms with van der Waals surface area (Å²) >= 11 is 0. The molecule has 0 saturated heterocycles. The third-order valence-electron chi connectivity index (χ3n) is 2.32. The van der Waals surface area contributed by atoms with Crippen molar-refractivity contribution >= 4 is 10.9 Å². The molecule has 0 radical (unpaired) electrons. The van der Waals surface area contributed by atoms with E-state index in [9.17, 15) is 0 Å². The highest BCUT2D eigenvalue weighted by Gasteiger charge is 2.07. The minimum Gasteiger partial charge on any atom is -0.329 e. The monoisotopic (exact) mass is 187 g/mol. The van der Waals surface area contributed by atoms with Crippen LogP contribution in [0.1, 0.15) is 11.6 Å². The first-order valence-electron chi connectivity index (χ1n) is 4.62. The summed E-state index contributed by atoms with van der Waals surface area (Å²) in [5, 5.41) is 1.11. The molecule has 0 aliphatic rings. The predicted molar refractivity (Wildman–Crippen MR) is 57.7 cm³/mol. The minimum absolute atomic E-state index is 0.131. The molecule has 0 aliphatic carbocycles. The summed E-state index contributed by atoms with van der Waals surface area (Å²) in [5.41, 5.74) is 13.4. The highest BCUT2D eigenvalue weighted by molar-refractivity contribution is 5.81. The lowest BCUT2D eigenvalue weighted by atomic mass is 10.0. The lowest BCUT2D eigenvalue weighted by Gasteiger charge is -2.11. The van der Waals surface area contributed by atoms with Crippen molar-refractivity contribution in [2.24, 2.45) is 11.5 Å². The number of nitrogens with two attached hydrogens (primary N) is 2. The second-order valence-corrected chi connectivity index (χ2v) is 3.26. The molecule has 3 nitrogen and oxygen atoms in total. The molecule has 4 N–H and O–H groups in total. The van der Waals surface area contributed by atoms with Crippen molar-refractivity contribution in [2.75, 3.05) is 6.54 Å². The van der Waals surface area contributed by atoms with E-state index in [-0.39, 0.29) is 6.04 Å². The van der Waals surface area contributed by atoms with Gasteiger partial charge in [-0.3, -0.25) is 4.98 Å². The van der Waals surface area contributed by atoms with Crippen LogP contribution in [-0.4, -0.2) is 11.5 Å². The fourth-order valence-electron chi connectivity index (χ4n) is 1.55. The van der Waals surface area contributed by atoms with E-state index in [0.29, 0.717) is 6.54 Å². The molecule has 0 amide bonds. The van der Waals surface area contributed by atoms with Crippen LogP contribution in [0.25, 0.3) is 10.9 Å². The van der Waals surface area contributed by atoms with Crippen molar-refractivity contribution in [2.45, 2.75) is 6.04 Å². The van der Waals surface area contributed by atoms with Crippen molar-refractivity contribution in [3.63, 3.8) is 0 Å². The third-order valence-corrected chi connectivity index (χ3v) is 2.32. The molecule has 14 heavy (non-hydrogen) atoms. The molecule has 2 rings (SSSR count). The molecular formula is C11H13N3. The second-order valence-electron chi connectivity index (χ2n) is 3.26. The van der Waals surface area contributed by atoms with Gasteiger partial charge in [0, 0.05) is 24.2 Å². The normalized spacial score (nSPS) is 13.0. The first kappa shape index (κ1) is 9.12. The summed E-state index contributed by atoms with van der Waals surface area (Å²) in [6.07, 6.45) is 1.77. The summed E-state index contributed by atoms with van der Waals surface area (Å²) < 4.78 is 0. The Morgan fingerprint density at radius 1 is 1.21 bits per heavy atom. The maximum Gasteiger partial charge on any atom is 0.0750 e. The van der Waals surface area contributed by atoms with Crippen molar-refractivity contribution < 1.29 is 0 Å². The zero-order valence-electron chi connectivity index (χ0n) is 7.85. The van der Waals surface area contributed by atoms with Crippen LogP contribution >= 0.6 is 0 Å². The Balaban J connectivity index is 2.65. The molecule has 0 saturated carbocycles. The topological polar surface area (TPSA) is 64.9 Å². The molecule has 0 fully saturated rings. The van der Waals surface area contributed by atoms with Crippen LogP contribution in [0.5, 0.6) is 0 Å². The van der Waals surface area contributed by atoms with E-state index in [4.69, 9.17) is 11.5 Å². The van der Waals surface area contributed by atoms with Gasteiger partial charge in [-0.25, -0.2) is 0 Å². The van der Waals surface area contributed by atoms with Gasteiger partial charge in [0.05, 0.1) is 5.52 Å². The smallest absolute Gasteiger partial charge is 0.0750 e. The first-order chi connectivity index (χ1) is 6.83. The maximum absolute atomic E-state index is 5.90. The van der Waals surface area contributed by atoms with Crippen LogP contribution in [0.4, 0.5) is 0 Å². The number of benzene rings is 1. The summed E-state index contributed by atoms with van der Waals surface area (Å²) in [6.45, 7) is 0.440. The van der Waals surface area contributed by atoms with Gasteiger partial charge in [0.1, 0.15) is 0 Å². The molecule has 72 valence electrons. The maximum atomic E-state index is 5.90. The standard InChI is InChI=1S/C11H13N3/c12-7-10(13)9-5-1-3-8-4-2-6-14-11(8)9/h1-6,10H,7,12-13H2. The van der Waals surface area contributed by atoms with Crippen LogP contribution in [0, 0.1) is 0 Å². The number of nitrogens with zero attached hydrogens (tertiary/aromatic N) is 1. The van der Waals surface area contributed by atoms with E-state index < -0.39 is 0 Å². The van der Waals surface area contributed by atoms with Crippen molar-refractivity contribution in [3.8, 4) is 0 Å². The molecular weight excluding hydrogens is 174 g/mol. The van der Waals surface area contributed by atoms with E-state index >= 15 is 0 Å². The Bertz CT molecular complexity index is 434. The molecule has 2 aromatic rings. The molecule has 1 unspecified atom stereocenters. The third kappa shape index (κ3) is 1.47. The lowest BCUT2D eigenvalue weighted by Crippen LogP contribution is -2.21. The Hall–Kier alpha value is -1.45. The fourth-order valence-corrected chi connectivity index (χ4v) is 1.55. The molecule has 1 aromatic heterocycles. The number of pyridine rings is 1. The summed E-state index contributed by atoms with van der Waals surface area (Å²) in [5.74, 6) is 0. The molecule has 0 spiro atoms. The summed E-state index contributed by atoms with van der Waals surface area (Å²) in [6, 6.07) is 9.79. The lowest BCUT2D eigenvalue weighted by molar-refractivity contribution is 0.741. The van der Waals surface area contributed by atoms with Gasteiger partial charge in [0.2, 0.25) is 0 Å². The summed E-state index contributed by atoms with van der Waals surface area (Å²) in [4.78, 5) is 4.31. The van der Waals surface area contributed by atoms with Crippen LogP contribution in [-0.2, 0) is 0 Å². The van der Waals surface area contributed by atoms with E-state index in [0.717, 1.165) is 16.5 Å². The molecule has 1 atom stereocenters. The van der Waals surface area contributed by atoms with E-state index in [2.05, 4.69) is 4.98 Å². The van der Waals surface area contributed by atoms with Gasteiger partial charge in [-0.05, 0) is 11.6 Å². The number of aromatic nitrogens is 1. The average molecular weight is 187 g/mol. The number of hydrogen-bond donors (Lipinski definition) is 2. The van der Waals surface area contributed by atoms with E-state index in [1.807, 2.05) is 30.3 Å². The zero-order chi connectivity index (χ0) is 9.97. The van der Waals surface area contributed by atoms with Crippen LogP contribution in [0.15, 0.2) is 36.5 Å². The van der Waals surface area contributed by atoms with Gasteiger partial charge in [-0.2, -0.15) is 0 Å². The van der Waals surface area contributed by atoms with Gasteiger partial charge in [0.25, 0.3) is 0 Å². The number of para-hydroxylation sites is 1. The number of hydrogen-bond acceptors (Lipinski definition) is 3. The molecule has 0 aliphatic heterocycles. The molecule has 1 heterocycles. The minimum atomic E-state index is -0.131. The van der Waals surface area contributed by atoms with Gasteiger partial charge in [-0.1, -0.05) is 24.3 Å². The predicted octanol–water partition coefficient (Wildman–Crippen LogP) is 1.19. The first-order valence-corrected chi connectivity index (χ1v) is 4.62. The Morgan fingerprint density at radius 2 is 2.00 bits per heavy atom. The van der Waals surface area contributed by atoms with Gasteiger partial charge < -0.3 is 11.5 Å². The SMILES string of the molecule is NCC(N)c1cccc2cccnc12. The van der Waals surface area contributed by atoms with Crippen LogP contribution in [0.2, 0.25) is 0 Å². The van der Waals surface area contributed by atoms with Crippen LogP contribution in [0.3, 0.4) is 0 Å².